The summed E-state index contributed by atoms with van der Waals surface area (Å²) in [5, 5.41) is 2.66. The van der Waals surface area contributed by atoms with Gasteiger partial charge in [-0.25, -0.2) is 0 Å². The molecule has 0 aromatic heterocycles. The van der Waals surface area contributed by atoms with Crippen LogP contribution >= 0.6 is 15.9 Å². The van der Waals surface area contributed by atoms with Crippen LogP contribution in [0.3, 0.4) is 0 Å². The van der Waals surface area contributed by atoms with Gasteiger partial charge < -0.3 is 15.0 Å². The van der Waals surface area contributed by atoms with Crippen LogP contribution in [0.1, 0.15) is 35.6 Å². The lowest BCUT2D eigenvalue weighted by Crippen LogP contribution is -2.49. The number of nitrogens with one attached hydrogen (secondary N) is 1. The minimum absolute atomic E-state index is 0.125. The fraction of sp³-hybridized carbons (Fsp3) is 0.391. The number of ether oxygens (including phenoxy) is 1. The monoisotopic (exact) mass is 460 g/mol. The van der Waals surface area contributed by atoms with Gasteiger partial charge in [-0.3, -0.25) is 9.59 Å². The molecule has 1 unspecified atom stereocenters. The third-order valence-electron chi connectivity index (χ3n) is 4.88. The Morgan fingerprint density at radius 1 is 1.10 bits per heavy atom. The fourth-order valence-corrected chi connectivity index (χ4v) is 3.42. The van der Waals surface area contributed by atoms with E-state index in [1.807, 2.05) is 64.1 Å². The van der Waals surface area contributed by atoms with Crippen molar-refractivity contribution in [1.29, 1.82) is 0 Å². The van der Waals surface area contributed by atoms with Crippen molar-refractivity contribution in [2.45, 2.75) is 46.7 Å². The zero-order valence-electron chi connectivity index (χ0n) is 17.7. The Labute approximate surface area is 181 Å². The summed E-state index contributed by atoms with van der Waals surface area (Å²) in [5.41, 5.74) is 4.21. The Morgan fingerprint density at radius 2 is 1.69 bits per heavy atom. The lowest BCUT2D eigenvalue weighted by atomic mass is 10.1. The number of carbonyl (C=O) groups excluding carboxylic acids is 2. The van der Waals surface area contributed by atoms with E-state index in [1.54, 1.807) is 11.9 Å². The van der Waals surface area contributed by atoms with E-state index in [2.05, 4.69) is 21.2 Å². The number of nitrogens with zero attached hydrogens (tertiary/aromatic N) is 1. The summed E-state index contributed by atoms with van der Waals surface area (Å²) < 4.78 is 6.82. The van der Waals surface area contributed by atoms with E-state index in [-0.39, 0.29) is 18.4 Å². The second-order valence-corrected chi connectivity index (χ2v) is 8.00. The number of hydrogen-bond donors (Lipinski definition) is 1. The Balaban J connectivity index is 2.21. The average Bonchev–Trinajstić information content (AvgIpc) is 2.71. The van der Waals surface area contributed by atoms with Gasteiger partial charge in [-0.05, 0) is 56.0 Å². The molecule has 0 bridgehead atoms. The molecule has 0 fully saturated rings. The molecule has 0 aliphatic carbocycles. The van der Waals surface area contributed by atoms with E-state index in [4.69, 9.17) is 4.74 Å². The number of benzene rings is 2. The number of amides is 2. The van der Waals surface area contributed by atoms with Crippen LogP contribution in [0.5, 0.6) is 5.75 Å². The second kappa shape index (κ2) is 10.4. The van der Waals surface area contributed by atoms with E-state index in [0.29, 0.717) is 18.7 Å². The van der Waals surface area contributed by atoms with Gasteiger partial charge in [0.05, 0.1) is 0 Å². The molecule has 1 atom stereocenters. The van der Waals surface area contributed by atoms with Crippen LogP contribution in [-0.2, 0) is 16.1 Å². The molecule has 29 heavy (non-hydrogen) atoms. The molecular weight excluding hydrogens is 432 g/mol. The summed E-state index contributed by atoms with van der Waals surface area (Å²) in [5.74, 6) is 0.238. The number of likely N-dealkylation sites (N-methyl/N-ethyl adjacent to an activating group) is 1. The highest BCUT2D eigenvalue weighted by atomic mass is 79.9. The summed E-state index contributed by atoms with van der Waals surface area (Å²) in [4.78, 5) is 27.0. The third kappa shape index (κ3) is 6.07. The largest absolute Gasteiger partial charge is 0.484 e. The molecule has 0 aliphatic rings. The summed E-state index contributed by atoms with van der Waals surface area (Å²) in [6, 6.07) is 11.2. The second-order valence-electron chi connectivity index (χ2n) is 7.21. The van der Waals surface area contributed by atoms with Crippen LogP contribution in [0, 0.1) is 20.8 Å². The molecule has 0 aliphatic heterocycles. The van der Waals surface area contributed by atoms with Crippen LogP contribution in [0.25, 0.3) is 0 Å². The summed E-state index contributed by atoms with van der Waals surface area (Å²) in [7, 11) is 1.59. The quantitative estimate of drug-likeness (QED) is 0.638. The highest BCUT2D eigenvalue weighted by Crippen LogP contribution is 2.26. The van der Waals surface area contributed by atoms with Gasteiger partial charge >= 0.3 is 0 Å². The molecule has 0 radical (unpaired) electrons. The highest BCUT2D eigenvalue weighted by molar-refractivity contribution is 9.10. The van der Waals surface area contributed by atoms with Crippen molar-refractivity contribution in [3.05, 3.63) is 63.1 Å². The molecule has 0 saturated heterocycles. The van der Waals surface area contributed by atoms with Gasteiger partial charge in [-0.1, -0.05) is 52.7 Å². The maximum absolute atomic E-state index is 13.1. The highest BCUT2D eigenvalue weighted by Gasteiger charge is 2.28. The minimum atomic E-state index is -0.550. The third-order valence-corrected chi connectivity index (χ3v) is 6.13. The maximum Gasteiger partial charge on any atom is 0.261 e. The first-order valence-electron chi connectivity index (χ1n) is 9.73. The predicted octanol–water partition coefficient (Wildman–Crippen LogP) is 4.31. The molecule has 2 rings (SSSR count). The van der Waals surface area contributed by atoms with Crippen molar-refractivity contribution in [3.8, 4) is 5.75 Å². The first-order chi connectivity index (χ1) is 13.8. The number of carbonyl (C=O) groups is 2. The lowest BCUT2D eigenvalue weighted by molar-refractivity contribution is -0.142. The Kier molecular flexibility index (Phi) is 8.26. The average molecular weight is 461 g/mol. The SMILES string of the molecule is CCC(C(=O)NC)N(Cc1ccc(C)cc1)C(=O)COc1cc(C)c(Br)c(C)c1. The molecule has 2 aromatic carbocycles. The molecule has 0 saturated carbocycles. The molecule has 2 amide bonds. The minimum Gasteiger partial charge on any atom is -0.484 e. The standard InChI is InChI=1S/C23H29BrN2O3/c1-6-20(23(28)25-5)26(13-18-9-7-15(2)8-10-18)21(27)14-29-19-11-16(3)22(24)17(4)12-19/h7-12,20H,6,13-14H2,1-5H3,(H,25,28). The summed E-state index contributed by atoms with van der Waals surface area (Å²) in [6.07, 6.45) is 0.522. The van der Waals surface area contributed by atoms with E-state index in [0.717, 1.165) is 26.7 Å². The fourth-order valence-electron chi connectivity index (χ4n) is 3.19. The smallest absolute Gasteiger partial charge is 0.261 e. The van der Waals surface area contributed by atoms with Crippen molar-refractivity contribution >= 4 is 27.7 Å². The predicted molar refractivity (Wildman–Crippen MR) is 119 cm³/mol. The van der Waals surface area contributed by atoms with Crippen molar-refractivity contribution in [2.75, 3.05) is 13.7 Å². The first-order valence-corrected chi connectivity index (χ1v) is 10.5. The number of halogens is 1. The van der Waals surface area contributed by atoms with Gasteiger partial charge in [0.15, 0.2) is 6.61 Å². The van der Waals surface area contributed by atoms with Crippen molar-refractivity contribution < 1.29 is 14.3 Å². The molecular formula is C23H29BrN2O3. The van der Waals surface area contributed by atoms with Crippen LogP contribution in [0.15, 0.2) is 40.9 Å². The van der Waals surface area contributed by atoms with Crippen molar-refractivity contribution in [3.63, 3.8) is 0 Å². The molecule has 5 nitrogen and oxygen atoms in total. The molecule has 156 valence electrons. The van der Waals surface area contributed by atoms with Crippen LogP contribution < -0.4 is 10.1 Å². The van der Waals surface area contributed by atoms with Crippen LogP contribution in [0.2, 0.25) is 0 Å². The number of hydrogen-bond acceptors (Lipinski definition) is 3. The topological polar surface area (TPSA) is 58.6 Å². The Morgan fingerprint density at radius 3 is 2.21 bits per heavy atom. The summed E-state index contributed by atoms with van der Waals surface area (Å²) >= 11 is 3.54. The van der Waals surface area contributed by atoms with Crippen molar-refractivity contribution in [1.82, 2.24) is 10.2 Å². The normalized spacial score (nSPS) is 11.7. The van der Waals surface area contributed by atoms with E-state index in [1.165, 1.54) is 0 Å². The zero-order chi connectivity index (χ0) is 21.6. The van der Waals surface area contributed by atoms with Gasteiger partial charge in [0, 0.05) is 18.1 Å². The number of rotatable bonds is 8. The van der Waals surface area contributed by atoms with Gasteiger partial charge in [0.25, 0.3) is 5.91 Å². The van der Waals surface area contributed by atoms with E-state index < -0.39 is 6.04 Å². The van der Waals surface area contributed by atoms with Crippen LogP contribution in [-0.4, -0.2) is 36.4 Å². The molecule has 1 N–H and O–H groups in total. The van der Waals surface area contributed by atoms with Crippen LogP contribution in [0.4, 0.5) is 0 Å². The molecule has 0 spiro atoms. The van der Waals surface area contributed by atoms with Gasteiger partial charge in [0.2, 0.25) is 5.91 Å². The van der Waals surface area contributed by atoms with Gasteiger partial charge in [-0.15, -0.1) is 0 Å². The maximum atomic E-state index is 13.1. The summed E-state index contributed by atoms with van der Waals surface area (Å²) in [6.45, 7) is 8.11. The Hall–Kier alpha value is -2.34. The Bertz CT molecular complexity index is 842. The van der Waals surface area contributed by atoms with E-state index >= 15 is 0 Å². The molecule has 2 aromatic rings. The first kappa shape index (κ1) is 22.9. The van der Waals surface area contributed by atoms with Crippen molar-refractivity contribution in [2.24, 2.45) is 0 Å². The number of aryl methyl sites for hydroxylation is 3. The molecule has 0 heterocycles. The van der Waals surface area contributed by atoms with Gasteiger partial charge in [-0.2, -0.15) is 0 Å². The van der Waals surface area contributed by atoms with E-state index in [9.17, 15) is 9.59 Å². The van der Waals surface area contributed by atoms with Gasteiger partial charge in [0.1, 0.15) is 11.8 Å². The molecule has 6 heteroatoms. The lowest BCUT2D eigenvalue weighted by Gasteiger charge is -2.30. The zero-order valence-corrected chi connectivity index (χ0v) is 19.3.